The monoisotopic (exact) mass is 278 g/mol. The van der Waals surface area contributed by atoms with Crippen molar-refractivity contribution in [2.75, 3.05) is 27.2 Å². The van der Waals surface area contributed by atoms with Crippen molar-refractivity contribution < 1.29 is 14.3 Å². The Bertz CT molecular complexity index is 443. The largest absolute Gasteiger partial charge is 0.469 e. The molecule has 0 unspecified atom stereocenters. The van der Waals surface area contributed by atoms with Gasteiger partial charge in [-0.1, -0.05) is 12.1 Å². The molecular formula is C15H22N2O3. The summed E-state index contributed by atoms with van der Waals surface area (Å²) in [4.78, 5) is 24.8. The van der Waals surface area contributed by atoms with Crippen molar-refractivity contribution in [3.63, 3.8) is 0 Å². The first kappa shape index (κ1) is 16.2. The van der Waals surface area contributed by atoms with Crippen LogP contribution in [0.25, 0.3) is 0 Å². The molecule has 5 nitrogen and oxygen atoms in total. The summed E-state index contributed by atoms with van der Waals surface area (Å²) in [7, 11) is 3.09. The van der Waals surface area contributed by atoms with Crippen LogP contribution in [0.4, 0.5) is 0 Å². The van der Waals surface area contributed by atoms with Crippen LogP contribution in [0, 0.1) is 0 Å². The third kappa shape index (κ3) is 5.01. The van der Waals surface area contributed by atoms with Gasteiger partial charge in [-0.3, -0.25) is 9.59 Å². The van der Waals surface area contributed by atoms with E-state index >= 15 is 0 Å². The van der Waals surface area contributed by atoms with Gasteiger partial charge in [0.2, 0.25) is 0 Å². The molecule has 0 atom stereocenters. The summed E-state index contributed by atoms with van der Waals surface area (Å²) in [6.45, 7) is 1.12. The minimum Gasteiger partial charge on any atom is -0.469 e. The van der Waals surface area contributed by atoms with Gasteiger partial charge in [0.15, 0.2) is 0 Å². The number of amides is 1. The quantitative estimate of drug-likeness (QED) is 0.761. The van der Waals surface area contributed by atoms with Gasteiger partial charge < -0.3 is 15.4 Å². The van der Waals surface area contributed by atoms with E-state index in [1.165, 1.54) is 7.11 Å². The van der Waals surface area contributed by atoms with E-state index in [-0.39, 0.29) is 11.9 Å². The lowest BCUT2D eigenvalue weighted by atomic mass is 10.1. The van der Waals surface area contributed by atoms with Crippen molar-refractivity contribution in [3.8, 4) is 0 Å². The van der Waals surface area contributed by atoms with Crippen molar-refractivity contribution in [3.05, 3.63) is 35.4 Å². The minimum atomic E-state index is -0.253. The van der Waals surface area contributed by atoms with E-state index in [0.29, 0.717) is 31.5 Å². The third-order valence-corrected chi connectivity index (χ3v) is 3.08. The molecule has 0 saturated carbocycles. The molecule has 0 radical (unpaired) electrons. The SMILES string of the molecule is COC(=O)CCCN(C)C(=O)c1ccc(CCN)cc1. The summed E-state index contributed by atoms with van der Waals surface area (Å²) in [6, 6.07) is 7.46. The lowest BCUT2D eigenvalue weighted by molar-refractivity contribution is -0.140. The fourth-order valence-electron chi connectivity index (χ4n) is 1.87. The number of methoxy groups -OCH3 is 1. The molecule has 0 aliphatic heterocycles. The highest BCUT2D eigenvalue weighted by Gasteiger charge is 2.11. The van der Waals surface area contributed by atoms with E-state index in [1.807, 2.05) is 24.3 Å². The first-order chi connectivity index (χ1) is 9.58. The van der Waals surface area contributed by atoms with Gasteiger partial charge in [0.05, 0.1) is 7.11 Å². The van der Waals surface area contributed by atoms with Crippen LogP contribution in [0.2, 0.25) is 0 Å². The molecule has 0 saturated heterocycles. The van der Waals surface area contributed by atoms with Crippen LogP contribution < -0.4 is 5.73 Å². The predicted molar refractivity (Wildman–Crippen MR) is 77.4 cm³/mol. The highest BCUT2D eigenvalue weighted by atomic mass is 16.5. The molecular weight excluding hydrogens is 256 g/mol. The molecule has 0 aliphatic carbocycles. The van der Waals surface area contributed by atoms with E-state index in [9.17, 15) is 9.59 Å². The molecule has 110 valence electrons. The minimum absolute atomic E-state index is 0.0471. The summed E-state index contributed by atoms with van der Waals surface area (Å²) in [5, 5.41) is 0. The number of ether oxygens (including phenoxy) is 1. The molecule has 5 heteroatoms. The van der Waals surface area contributed by atoms with Crippen LogP contribution in [-0.4, -0.2) is 44.0 Å². The molecule has 1 aromatic rings. The zero-order valence-electron chi connectivity index (χ0n) is 12.1. The van der Waals surface area contributed by atoms with E-state index in [4.69, 9.17) is 5.73 Å². The van der Waals surface area contributed by atoms with Gasteiger partial charge in [-0.2, -0.15) is 0 Å². The van der Waals surface area contributed by atoms with Crippen molar-refractivity contribution in [2.45, 2.75) is 19.3 Å². The summed E-state index contributed by atoms with van der Waals surface area (Å²) >= 11 is 0. The summed E-state index contributed by atoms with van der Waals surface area (Å²) in [5.74, 6) is -0.300. The van der Waals surface area contributed by atoms with Gasteiger partial charge in [-0.25, -0.2) is 0 Å². The Hall–Kier alpha value is -1.88. The number of benzene rings is 1. The normalized spacial score (nSPS) is 10.2. The van der Waals surface area contributed by atoms with Crippen LogP contribution >= 0.6 is 0 Å². The van der Waals surface area contributed by atoms with Gasteiger partial charge in [0, 0.05) is 25.6 Å². The number of carbonyl (C=O) groups excluding carboxylic acids is 2. The van der Waals surface area contributed by atoms with Gasteiger partial charge >= 0.3 is 5.97 Å². The Kier molecular flexibility index (Phi) is 6.73. The molecule has 0 aromatic heterocycles. The fourth-order valence-corrected chi connectivity index (χ4v) is 1.87. The average molecular weight is 278 g/mol. The Morgan fingerprint density at radius 1 is 1.25 bits per heavy atom. The Morgan fingerprint density at radius 3 is 2.45 bits per heavy atom. The first-order valence-electron chi connectivity index (χ1n) is 6.69. The smallest absolute Gasteiger partial charge is 0.305 e. The molecule has 20 heavy (non-hydrogen) atoms. The lowest BCUT2D eigenvalue weighted by Crippen LogP contribution is -2.28. The van der Waals surface area contributed by atoms with E-state index in [2.05, 4.69) is 4.74 Å². The summed E-state index contributed by atoms with van der Waals surface area (Å²) < 4.78 is 4.56. The maximum atomic E-state index is 12.1. The molecule has 0 heterocycles. The van der Waals surface area contributed by atoms with Crippen molar-refractivity contribution >= 4 is 11.9 Å². The maximum Gasteiger partial charge on any atom is 0.305 e. The summed E-state index contributed by atoms with van der Waals surface area (Å²) in [6.07, 6.45) is 1.73. The second-order valence-corrected chi connectivity index (χ2v) is 4.64. The third-order valence-electron chi connectivity index (χ3n) is 3.08. The number of nitrogens with zero attached hydrogens (tertiary/aromatic N) is 1. The van der Waals surface area contributed by atoms with Gasteiger partial charge in [-0.05, 0) is 37.1 Å². The fraction of sp³-hybridized carbons (Fsp3) is 0.467. The number of carbonyl (C=O) groups is 2. The van der Waals surface area contributed by atoms with Gasteiger partial charge in [0.25, 0.3) is 5.91 Å². The molecule has 1 amide bonds. The van der Waals surface area contributed by atoms with Gasteiger partial charge in [0.1, 0.15) is 0 Å². The van der Waals surface area contributed by atoms with Gasteiger partial charge in [-0.15, -0.1) is 0 Å². The van der Waals surface area contributed by atoms with Crippen molar-refractivity contribution in [1.82, 2.24) is 4.90 Å². The predicted octanol–water partition coefficient (Wildman–Crippen LogP) is 1.21. The molecule has 1 aromatic carbocycles. The van der Waals surface area contributed by atoms with E-state index in [1.54, 1.807) is 11.9 Å². The molecule has 1 rings (SSSR count). The van der Waals surface area contributed by atoms with Crippen LogP contribution in [0.5, 0.6) is 0 Å². The number of esters is 1. The Morgan fingerprint density at radius 2 is 1.90 bits per heavy atom. The standard InChI is InChI=1S/C15H22N2O3/c1-17(11-3-4-14(18)20-2)15(19)13-7-5-12(6-8-13)9-10-16/h5-8H,3-4,9-11,16H2,1-2H3. The topological polar surface area (TPSA) is 72.6 Å². The highest BCUT2D eigenvalue weighted by molar-refractivity contribution is 5.94. The number of nitrogens with two attached hydrogens (primary N) is 1. The number of hydrogen-bond acceptors (Lipinski definition) is 4. The molecule has 0 fully saturated rings. The molecule has 0 aliphatic rings. The van der Waals surface area contributed by atoms with Crippen LogP contribution in [0.3, 0.4) is 0 Å². The Balaban J connectivity index is 2.49. The molecule has 0 bridgehead atoms. The lowest BCUT2D eigenvalue weighted by Gasteiger charge is -2.17. The second kappa shape index (κ2) is 8.32. The first-order valence-corrected chi connectivity index (χ1v) is 6.69. The molecule has 0 spiro atoms. The van der Waals surface area contributed by atoms with Crippen LogP contribution in [0.15, 0.2) is 24.3 Å². The zero-order valence-corrected chi connectivity index (χ0v) is 12.1. The molecule has 2 N–H and O–H groups in total. The Labute approximate surface area is 119 Å². The average Bonchev–Trinajstić information content (AvgIpc) is 2.47. The van der Waals surface area contributed by atoms with Crippen LogP contribution in [-0.2, 0) is 16.0 Å². The number of hydrogen-bond donors (Lipinski definition) is 1. The number of rotatable bonds is 7. The van der Waals surface area contributed by atoms with E-state index < -0.39 is 0 Å². The van der Waals surface area contributed by atoms with Crippen molar-refractivity contribution in [1.29, 1.82) is 0 Å². The maximum absolute atomic E-state index is 12.1. The zero-order chi connectivity index (χ0) is 15.0. The summed E-state index contributed by atoms with van der Waals surface area (Å²) in [5.41, 5.74) is 7.25. The highest BCUT2D eigenvalue weighted by Crippen LogP contribution is 2.08. The second-order valence-electron chi connectivity index (χ2n) is 4.64. The van der Waals surface area contributed by atoms with Crippen molar-refractivity contribution in [2.24, 2.45) is 5.73 Å². The van der Waals surface area contributed by atoms with Crippen LogP contribution in [0.1, 0.15) is 28.8 Å². The van der Waals surface area contributed by atoms with E-state index in [0.717, 1.165) is 12.0 Å².